The van der Waals surface area contributed by atoms with Crippen LogP contribution in [0.4, 0.5) is 11.4 Å². The maximum Gasteiger partial charge on any atom is 0.261 e. The van der Waals surface area contributed by atoms with Crippen LogP contribution < -0.4 is 19.7 Å². The summed E-state index contributed by atoms with van der Waals surface area (Å²) in [5.74, 6) is 0.688. The molecule has 0 amide bonds. The van der Waals surface area contributed by atoms with Gasteiger partial charge in [-0.2, -0.15) is 0 Å². The molecule has 0 saturated carbocycles. The zero-order chi connectivity index (χ0) is 18.9. The molecule has 0 radical (unpaired) electrons. The number of fused-ring (bicyclic) bond motifs is 1. The Morgan fingerprint density at radius 1 is 1.04 bits per heavy atom. The molecular formula is C20H25N3O3S. The molecule has 2 N–H and O–H groups in total. The smallest absolute Gasteiger partial charge is 0.261 e. The van der Waals surface area contributed by atoms with Crippen LogP contribution in [0.2, 0.25) is 0 Å². The number of ether oxygens (including phenoxy) is 1. The number of aryl methyl sites for hydroxylation is 2. The van der Waals surface area contributed by atoms with Crippen molar-refractivity contribution < 1.29 is 13.2 Å². The SMILES string of the molecule is COc1ccc(S(=O)(=O)Nc2ccc3c(c2)CCC3)cc1N1CCNCC1. The van der Waals surface area contributed by atoms with Crippen molar-refractivity contribution in [2.75, 3.05) is 42.9 Å². The van der Waals surface area contributed by atoms with E-state index in [1.54, 1.807) is 25.3 Å². The largest absolute Gasteiger partial charge is 0.495 e. The minimum Gasteiger partial charge on any atom is -0.495 e. The lowest BCUT2D eigenvalue weighted by Gasteiger charge is -2.30. The summed E-state index contributed by atoms with van der Waals surface area (Å²) in [6.07, 6.45) is 3.23. The van der Waals surface area contributed by atoms with E-state index in [0.717, 1.165) is 51.1 Å². The zero-order valence-corrected chi connectivity index (χ0v) is 16.3. The highest BCUT2D eigenvalue weighted by atomic mass is 32.2. The molecular weight excluding hydrogens is 362 g/mol. The summed E-state index contributed by atoms with van der Waals surface area (Å²) in [7, 11) is -2.06. The molecule has 2 aromatic carbocycles. The van der Waals surface area contributed by atoms with Gasteiger partial charge in [-0.25, -0.2) is 8.42 Å². The fourth-order valence-corrected chi connectivity index (χ4v) is 4.91. The van der Waals surface area contributed by atoms with E-state index in [0.29, 0.717) is 11.4 Å². The fourth-order valence-electron chi connectivity index (χ4n) is 3.84. The number of hydrogen-bond acceptors (Lipinski definition) is 5. The summed E-state index contributed by atoms with van der Waals surface area (Å²) in [4.78, 5) is 2.40. The standard InChI is InChI=1S/C20H25N3O3S/c1-26-20-8-7-18(14-19(20)23-11-9-21-10-12-23)27(24,25)22-17-6-5-15-3-2-4-16(15)13-17/h5-8,13-14,21-22H,2-4,9-12H2,1H3. The van der Waals surface area contributed by atoms with Crippen LogP contribution in [0.1, 0.15) is 17.5 Å². The molecule has 7 heteroatoms. The van der Waals surface area contributed by atoms with Crippen molar-refractivity contribution >= 4 is 21.4 Å². The fraction of sp³-hybridized carbons (Fsp3) is 0.400. The highest BCUT2D eigenvalue weighted by Gasteiger charge is 2.21. The average molecular weight is 388 g/mol. The van der Waals surface area contributed by atoms with Gasteiger partial charge in [0, 0.05) is 31.9 Å². The molecule has 144 valence electrons. The van der Waals surface area contributed by atoms with Gasteiger partial charge in [0.05, 0.1) is 17.7 Å². The van der Waals surface area contributed by atoms with Gasteiger partial charge in [-0.1, -0.05) is 6.07 Å². The third-order valence-electron chi connectivity index (χ3n) is 5.27. The van der Waals surface area contributed by atoms with Crippen LogP contribution in [-0.2, 0) is 22.9 Å². The van der Waals surface area contributed by atoms with Crippen molar-refractivity contribution in [1.29, 1.82) is 0 Å². The first-order chi connectivity index (χ1) is 13.1. The molecule has 1 aliphatic heterocycles. The minimum atomic E-state index is -3.66. The second-order valence-corrected chi connectivity index (χ2v) is 8.70. The van der Waals surface area contributed by atoms with Gasteiger partial charge in [0.2, 0.25) is 0 Å². The van der Waals surface area contributed by atoms with Gasteiger partial charge in [-0.05, 0) is 60.7 Å². The van der Waals surface area contributed by atoms with Crippen molar-refractivity contribution in [1.82, 2.24) is 5.32 Å². The lowest BCUT2D eigenvalue weighted by Crippen LogP contribution is -2.43. The topological polar surface area (TPSA) is 70.7 Å². The Morgan fingerprint density at radius 3 is 2.59 bits per heavy atom. The van der Waals surface area contributed by atoms with Crippen LogP contribution in [0, 0.1) is 0 Å². The number of nitrogens with one attached hydrogen (secondary N) is 2. The molecule has 0 aromatic heterocycles. The number of piperazine rings is 1. The van der Waals surface area contributed by atoms with Gasteiger partial charge < -0.3 is 15.0 Å². The van der Waals surface area contributed by atoms with Crippen LogP contribution in [0.3, 0.4) is 0 Å². The van der Waals surface area contributed by atoms with E-state index < -0.39 is 10.0 Å². The number of anilines is 2. The third-order valence-corrected chi connectivity index (χ3v) is 6.65. The normalized spacial score (nSPS) is 16.9. The van der Waals surface area contributed by atoms with Crippen LogP contribution in [0.15, 0.2) is 41.3 Å². The Balaban J connectivity index is 1.63. The van der Waals surface area contributed by atoms with Gasteiger partial charge in [-0.3, -0.25) is 4.72 Å². The number of nitrogens with zero attached hydrogens (tertiary/aromatic N) is 1. The Labute approximate surface area is 160 Å². The maximum atomic E-state index is 13.0. The second kappa shape index (κ2) is 7.40. The van der Waals surface area contributed by atoms with Gasteiger partial charge in [0.25, 0.3) is 10.0 Å². The van der Waals surface area contributed by atoms with Crippen molar-refractivity contribution in [3.05, 3.63) is 47.5 Å². The Hall–Kier alpha value is -2.25. The van der Waals surface area contributed by atoms with Crippen LogP contribution in [0.5, 0.6) is 5.75 Å². The predicted molar refractivity (Wildman–Crippen MR) is 107 cm³/mol. The predicted octanol–water partition coefficient (Wildman–Crippen LogP) is 2.39. The van der Waals surface area contributed by atoms with Crippen LogP contribution >= 0.6 is 0 Å². The maximum absolute atomic E-state index is 13.0. The summed E-state index contributed by atoms with van der Waals surface area (Å²) in [5, 5.41) is 3.31. The zero-order valence-electron chi connectivity index (χ0n) is 15.5. The number of methoxy groups -OCH3 is 1. The molecule has 1 fully saturated rings. The quantitative estimate of drug-likeness (QED) is 0.824. The van der Waals surface area contributed by atoms with Gasteiger partial charge in [0.15, 0.2) is 0 Å². The van der Waals surface area contributed by atoms with Crippen molar-refractivity contribution in [2.24, 2.45) is 0 Å². The first kappa shape index (κ1) is 18.1. The monoisotopic (exact) mass is 387 g/mol. The van der Waals surface area contributed by atoms with Crippen molar-refractivity contribution in [3.8, 4) is 5.75 Å². The number of rotatable bonds is 5. The molecule has 6 nitrogen and oxygen atoms in total. The van der Waals surface area contributed by atoms with E-state index in [1.807, 2.05) is 18.2 Å². The lowest BCUT2D eigenvalue weighted by atomic mass is 10.1. The van der Waals surface area contributed by atoms with Gasteiger partial charge in [-0.15, -0.1) is 0 Å². The molecule has 2 aliphatic rings. The van der Waals surface area contributed by atoms with E-state index in [2.05, 4.69) is 14.9 Å². The number of hydrogen-bond donors (Lipinski definition) is 2. The Morgan fingerprint density at radius 2 is 1.81 bits per heavy atom. The molecule has 1 heterocycles. The molecule has 27 heavy (non-hydrogen) atoms. The first-order valence-electron chi connectivity index (χ1n) is 9.35. The highest BCUT2D eigenvalue weighted by molar-refractivity contribution is 7.92. The van der Waals surface area contributed by atoms with E-state index >= 15 is 0 Å². The summed E-state index contributed by atoms with van der Waals surface area (Å²) in [6.45, 7) is 3.37. The first-order valence-corrected chi connectivity index (χ1v) is 10.8. The van der Waals surface area contributed by atoms with Crippen LogP contribution in [-0.4, -0.2) is 41.7 Å². The lowest BCUT2D eigenvalue weighted by molar-refractivity contribution is 0.412. The number of sulfonamides is 1. The molecule has 4 rings (SSSR count). The van der Waals surface area contributed by atoms with Crippen molar-refractivity contribution in [3.63, 3.8) is 0 Å². The summed E-state index contributed by atoms with van der Waals surface area (Å²) < 4.78 is 34.1. The second-order valence-electron chi connectivity index (χ2n) is 7.01. The number of benzene rings is 2. The van der Waals surface area contributed by atoms with Crippen molar-refractivity contribution in [2.45, 2.75) is 24.2 Å². The molecule has 1 saturated heterocycles. The molecule has 0 bridgehead atoms. The third kappa shape index (κ3) is 3.75. The average Bonchev–Trinajstić information content (AvgIpc) is 3.15. The molecule has 2 aromatic rings. The minimum absolute atomic E-state index is 0.248. The highest BCUT2D eigenvalue weighted by Crippen LogP contribution is 2.32. The summed E-state index contributed by atoms with van der Waals surface area (Å²) in [5.41, 5.74) is 4.00. The Bertz CT molecular complexity index is 937. The Kier molecular flexibility index (Phi) is 4.97. The van der Waals surface area contributed by atoms with E-state index in [9.17, 15) is 8.42 Å². The molecule has 0 atom stereocenters. The van der Waals surface area contributed by atoms with Gasteiger partial charge in [0.1, 0.15) is 5.75 Å². The van der Waals surface area contributed by atoms with E-state index in [-0.39, 0.29) is 4.90 Å². The van der Waals surface area contributed by atoms with E-state index in [4.69, 9.17) is 4.74 Å². The molecule has 1 aliphatic carbocycles. The van der Waals surface area contributed by atoms with Crippen LogP contribution in [0.25, 0.3) is 0 Å². The van der Waals surface area contributed by atoms with Gasteiger partial charge >= 0.3 is 0 Å². The van der Waals surface area contributed by atoms with E-state index in [1.165, 1.54) is 11.1 Å². The summed E-state index contributed by atoms with van der Waals surface area (Å²) in [6, 6.07) is 10.9. The molecule has 0 unspecified atom stereocenters. The summed E-state index contributed by atoms with van der Waals surface area (Å²) >= 11 is 0. The molecule has 0 spiro atoms.